The zero-order chi connectivity index (χ0) is 19.7. The molecule has 0 saturated carbocycles. The molecule has 0 spiro atoms. The smallest absolute Gasteiger partial charge is 0.363 e. The SMILES string of the molecule is O=C1OC(c2cccc(I)c2)=N/C1=C/c1ccc(-c2cccc([N+](=O)[O-])c2)o1. The molecule has 0 atom stereocenters. The van der Waals surface area contributed by atoms with Crippen molar-refractivity contribution in [3.05, 3.63) is 91.4 Å². The minimum atomic E-state index is -0.567. The van der Waals surface area contributed by atoms with E-state index in [9.17, 15) is 14.9 Å². The number of carbonyl (C=O) groups is 1. The monoisotopic (exact) mass is 486 g/mol. The van der Waals surface area contributed by atoms with Crippen molar-refractivity contribution >= 4 is 46.2 Å². The van der Waals surface area contributed by atoms with Crippen LogP contribution in [0.15, 0.2) is 75.8 Å². The highest BCUT2D eigenvalue weighted by Crippen LogP contribution is 2.27. The van der Waals surface area contributed by atoms with Gasteiger partial charge in [-0.2, -0.15) is 0 Å². The van der Waals surface area contributed by atoms with Crippen molar-refractivity contribution in [2.75, 3.05) is 0 Å². The summed E-state index contributed by atoms with van der Waals surface area (Å²) in [6.07, 6.45) is 1.48. The predicted molar refractivity (Wildman–Crippen MR) is 111 cm³/mol. The van der Waals surface area contributed by atoms with Crippen LogP contribution in [0.4, 0.5) is 5.69 Å². The molecule has 3 aromatic rings. The van der Waals surface area contributed by atoms with Gasteiger partial charge >= 0.3 is 5.97 Å². The van der Waals surface area contributed by atoms with Gasteiger partial charge in [-0.1, -0.05) is 18.2 Å². The van der Waals surface area contributed by atoms with E-state index in [0.29, 0.717) is 22.6 Å². The summed E-state index contributed by atoms with van der Waals surface area (Å²) in [7, 11) is 0. The van der Waals surface area contributed by atoms with Gasteiger partial charge in [-0.25, -0.2) is 9.79 Å². The molecule has 4 rings (SSSR count). The number of hydrogen-bond acceptors (Lipinski definition) is 6. The first-order valence-corrected chi connectivity index (χ1v) is 9.21. The lowest BCUT2D eigenvalue weighted by atomic mass is 10.1. The summed E-state index contributed by atoms with van der Waals surface area (Å²) >= 11 is 2.17. The number of ether oxygens (including phenoxy) is 1. The molecule has 0 saturated heterocycles. The number of benzene rings is 2. The fourth-order valence-electron chi connectivity index (χ4n) is 2.65. The highest BCUT2D eigenvalue weighted by atomic mass is 127. The minimum Gasteiger partial charge on any atom is -0.457 e. The summed E-state index contributed by atoms with van der Waals surface area (Å²) in [4.78, 5) is 26.8. The van der Waals surface area contributed by atoms with Crippen molar-refractivity contribution in [2.24, 2.45) is 4.99 Å². The zero-order valence-corrected chi connectivity index (χ0v) is 16.3. The first-order valence-electron chi connectivity index (χ1n) is 8.13. The van der Waals surface area contributed by atoms with Gasteiger partial charge < -0.3 is 9.15 Å². The van der Waals surface area contributed by atoms with Gasteiger partial charge in [0, 0.05) is 32.9 Å². The zero-order valence-electron chi connectivity index (χ0n) is 14.2. The second kappa shape index (κ2) is 7.39. The number of nitrogens with zero attached hydrogens (tertiary/aromatic N) is 2. The number of nitro benzene ring substituents is 1. The fraction of sp³-hybridized carbons (Fsp3) is 0. The number of cyclic esters (lactones) is 1. The molecule has 0 bridgehead atoms. The molecule has 0 unspecified atom stereocenters. The number of esters is 1. The highest BCUT2D eigenvalue weighted by Gasteiger charge is 2.24. The first-order chi connectivity index (χ1) is 13.5. The molecule has 138 valence electrons. The van der Waals surface area contributed by atoms with Crippen LogP contribution < -0.4 is 0 Å². The fourth-order valence-corrected chi connectivity index (χ4v) is 3.19. The van der Waals surface area contributed by atoms with Crippen LogP contribution in [0.25, 0.3) is 17.4 Å². The number of furan rings is 1. The molecule has 0 N–H and O–H groups in total. The van der Waals surface area contributed by atoms with Crippen LogP contribution in [0.3, 0.4) is 0 Å². The molecule has 8 heteroatoms. The molecular weight excluding hydrogens is 475 g/mol. The Labute approximate surface area is 172 Å². The van der Waals surface area contributed by atoms with Crippen LogP contribution >= 0.6 is 22.6 Å². The molecule has 7 nitrogen and oxygen atoms in total. The summed E-state index contributed by atoms with van der Waals surface area (Å²) in [6.45, 7) is 0. The van der Waals surface area contributed by atoms with Crippen LogP contribution in [0.2, 0.25) is 0 Å². The van der Waals surface area contributed by atoms with E-state index in [2.05, 4.69) is 27.6 Å². The lowest BCUT2D eigenvalue weighted by Gasteiger charge is -1.99. The molecule has 2 aromatic carbocycles. The van der Waals surface area contributed by atoms with Gasteiger partial charge in [-0.15, -0.1) is 0 Å². The lowest BCUT2D eigenvalue weighted by molar-refractivity contribution is -0.384. The molecule has 1 aliphatic heterocycles. The molecule has 2 heterocycles. The van der Waals surface area contributed by atoms with Gasteiger partial charge in [-0.05, 0) is 52.9 Å². The maximum absolute atomic E-state index is 12.1. The number of halogens is 1. The Morgan fingerprint density at radius 3 is 2.61 bits per heavy atom. The van der Waals surface area contributed by atoms with Crippen LogP contribution in [-0.4, -0.2) is 16.8 Å². The quantitative estimate of drug-likeness (QED) is 0.174. The Balaban J connectivity index is 1.62. The Bertz CT molecular complexity index is 1160. The van der Waals surface area contributed by atoms with Crippen LogP contribution in [0, 0.1) is 13.7 Å². The van der Waals surface area contributed by atoms with Crippen molar-refractivity contribution < 1.29 is 18.9 Å². The maximum atomic E-state index is 12.1. The van der Waals surface area contributed by atoms with Crippen molar-refractivity contribution in [3.63, 3.8) is 0 Å². The number of aliphatic imine (C=N–C) groups is 1. The molecule has 1 aliphatic rings. The highest BCUT2D eigenvalue weighted by molar-refractivity contribution is 14.1. The topological polar surface area (TPSA) is 94.9 Å². The Morgan fingerprint density at radius 1 is 1.04 bits per heavy atom. The number of rotatable bonds is 4. The molecule has 1 aromatic heterocycles. The van der Waals surface area contributed by atoms with E-state index in [-0.39, 0.29) is 17.3 Å². The molecule has 0 amide bonds. The van der Waals surface area contributed by atoms with Crippen LogP contribution in [0.1, 0.15) is 11.3 Å². The van der Waals surface area contributed by atoms with Gasteiger partial charge in [0.15, 0.2) is 5.70 Å². The summed E-state index contributed by atoms with van der Waals surface area (Å²) in [5.74, 6) is 0.507. The average molecular weight is 486 g/mol. The van der Waals surface area contributed by atoms with Crippen molar-refractivity contribution in [1.82, 2.24) is 0 Å². The van der Waals surface area contributed by atoms with E-state index in [0.717, 1.165) is 3.57 Å². The second-order valence-electron chi connectivity index (χ2n) is 5.86. The van der Waals surface area contributed by atoms with E-state index >= 15 is 0 Å². The Hall–Kier alpha value is -3.27. The third-order valence-electron chi connectivity index (χ3n) is 3.94. The second-order valence-corrected chi connectivity index (χ2v) is 7.10. The third kappa shape index (κ3) is 3.72. The largest absolute Gasteiger partial charge is 0.457 e. The van der Waals surface area contributed by atoms with E-state index < -0.39 is 10.9 Å². The van der Waals surface area contributed by atoms with Gasteiger partial charge in [0.05, 0.1) is 4.92 Å². The summed E-state index contributed by atoms with van der Waals surface area (Å²) in [5.41, 5.74) is 1.37. The summed E-state index contributed by atoms with van der Waals surface area (Å²) in [5, 5.41) is 10.9. The van der Waals surface area contributed by atoms with Crippen molar-refractivity contribution in [1.29, 1.82) is 0 Å². The maximum Gasteiger partial charge on any atom is 0.363 e. The summed E-state index contributed by atoms with van der Waals surface area (Å²) < 4.78 is 11.9. The Morgan fingerprint density at radius 2 is 1.82 bits per heavy atom. The van der Waals surface area contributed by atoms with Gasteiger partial charge in [-0.3, -0.25) is 10.1 Å². The van der Waals surface area contributed by atoms with Crippen LogP contribution in [0.5, 0.6) is 0 Å². The normalized spacial score (nSPS) is 14.8. The first kappa shape index (κ1) is 18.1. The van der Waals surface area contributed by atoms with Crippen LogP contribution in [-0.2, 0) is 9.53 Å². The van der Waals surface area contributed by atoms with Crippen molar-refractivity contribution in [2.45, 2.75) is 0 Å². The number of carbonyl (C=O) groups excluding carboxylic acids is 1. The number of non-ortho nitro benzene ring substituents is 1. The minimum absolute atomic E-state index is 0.0279. The molecule has 28 heavy (non-hydrogen) atoms. The number of nitro groups is 1. The molecule has 0 aliphatic carbocycles. The van der Waals surface area contributed by atoms with Gasteiger partial charge in [0.1, 0.15) is 11.5 Å². The molecule has 0 radical (unpaired) electrons. The third-order valence-corrected chi connectivity index (χ3v) is 4.61. The molecule has 0 fully saturated rings. The van der Waals surface area contributed by atoms with Gasteiger partial charge in [0.2, 0.25) is 5.90 Å². The number of hydrogen-bond donors (Lipinski definition) is 0. The lowest BCUT2D eigenvalue weighted by Crippen LogP contribution is -2.05. The Kier molecular flexibility index (Phi) is 4.78. The standard InChI is InChI=1S/C20H11IN2O5/c21-14-5-1-4-13(9-14)19-22-17(20(24)28-19)11-16-7-8-18(27-16)12-3-2-6-15(10-12)23(25)26/h1-11H/b17-11+. The van der Waals surface area contributed by atoms with Gasteiger partial charge in [0.25, 0.3) is 5.69 Å². The van der Waals surface area contributed by atoms with Crippen molar-refractivity contribution in [3.8, 4) is 11.3 Å². The van der Waals surface area contributed by atoms with E-state index in [1.807, 2.05) is 24.3 Å². The van der Waals surface area contributed by atoms with E-state index in [4.69, 9.17) is 9.15 Å². The summed E-state index contributed by atoms with van der Waals surface area (Å²) in [6, 6.07) is 16.9. The van der Waals surface area contributed by atoms with E-state index in [1.165, 1.54) is 18.2 Å². The molecular formula is C20H11IN2O5. The average Bonchev–Trinajstić information content (AvgIpc) is 3.29. The van der Waals surface area contributed by atoms with E-state index in [1.54, 1.807) is 24.3 Å². The predicted octanol–water partition coefficient (Wildman–Crippen LogP) is 4.80.